The molecule has 3 N–H and O–H groups in total. The molecule has 0 aliphatic rings. The lowest BCUT2D eigenvalue weighted by Crippen LogP contribution is -2.20. The molecule has 0 fully saturated rings. The normalized spacial score (nSPS) is 10.3. The Morgan fingerprint density at radius 3 is 3.13 bits per heavy atom. The number of hydrogen-bond acceptors (Lipinski definition) is 4. The number of nitrogens with zero attached hydrogens (tertiary/aromatic N) is 2. The molecule has 0 saturated carbocycles. The topological polar surface area (TPSA) is 82.2 Å². The number of amides is 1. The Hall–Kier alpha value is -1.40. The van der Waals surface area contributed by atoms with Gasteiger partial charge in [0.1, 0.15) is 6.61 Å². The molecule has 0 spiro atoms. The third-order valence-corrected chi connectivity index (χ3v) is 1.74. The molecule has 0 unspecified atom stereocenters. The van der Waals surface area contributed by atoms with Gasteiger partial charge in [0.15, 0.2) is 0 Å². The number of rotatable bonds is 6. The molecule has 0 aliphatic carbocycles. The zero-order valence-corrected chi connectivity index (χ0v) is 8.77. The Morgan fingerprint density at radius 1 is 1.73 bits per heavy atom. The second-order valence-electron chi connectivity index (χ2n) is 2.97. The lowest BCUT2D eigenvalue weighted by atomic mass is 10.5. The number of ether oxygens (including phenoxy) is 1. The molecule has 1 heterocycles. The van der Waals surface area contributed by atoms with Crippen LogP contribution in [0.15, 0.2) is 12.4 Å². The number of nitrogens with two attached hydrogens (primary N) is 1. The van der Waals surface area contributed by atoms with Gasteiger partial charge < -0.3 is 15.8 Å². The van der Waals surface area contributed by atoms with Crippen LogP contribution in [0.1, 0.15) is 6.92 Å². The van der Waals surface area contributed by atoms with E-state index < -0.39 is 0 Å². The molecule has 84 valence electrons. The minimum absolute atomic E-state index is 0.0223. The summed E-state index contributed by atoms with van der Waals surface area (Å²) in [5.41, 5.74) is 5.90. The number of carbonyl (C=O) groups is 1. The van der Waals surface area contributed by atoms with Crippen molar-refractivity contribution in [2.24, 2.45) is 5.73 Å². The molecule has 1 rings (SSSR count). The van der Waals surface area contributed by atoms with Crippen LogP contribution < -0.4 is 11.1 Å². The molecule has 0 aromatic carbocycles. The zero-order valence-electron chi connectivity index (χ0n) is 8.77. The highest BCUT2D eigenvalue weighted by molar-refractivity contribution is 5.91. The average Bonchev–Trinajstić information content (AvgIpc) is 2.66. The fourth-order valence-corrected chi connectivity index (χ4v) is 1.05. The smallest absolute Gasteiger partial charge is 0.250 e. The van der Waals surface area contributed by atoms with E-state index in [2.05, 4.69) is 10.4 Å². The van der Waals surface area contributed by atoms with Crippen LogP contribution in [0.2, 0.25) is 0 Å². The van der Waals surface area contributed by atoms with Crippen LogP contribution in [-0.4, -0.2) is 35.4 Å². The summed E-state index contributed by atoms with van der Waals surface area (Å²) in [5.74, 6) is -0.195. The van der Waals surface area contributed by atoms with Crippen LogP contribution in [0.25, 0.3) is 0 Å². The minimum atomic E-state index is -0.195. The summed E-state index contributed by atoms with van der Waals surface area (Å²) in [6, 6.07) is 0. The van der Waals surface area contributed by atoms with Crippen LogP contribution in [0.3, 0.4) is 0 Å². The zero-order chi connectivity index (χ0) is 11.1. The van der Waals surface area contributed by atoms with Crippen LogP contribution in [0, 0.1) is 0 Å². The summed E-state index contributed by atoms with van der Waals surface area (Å²) in [6.07, 6.45) is 3.37. The fraction of sp³-hybridized carbons (Fsp3) is 0.556. The quantitative estimate of drug-likeness (QED) is 0.641. The van der Waals surface area contributed by atoms with E-state index in [0.29, 0.717) is 18.8 Å². The maximum atomic E-state index is 11.3. The van der Waals surface area contributed by atoms with E-state index in [-0.39, 0.29) is 12.5 Å². The monoisotopic (exact) mass is 212 g/mol. The molecular weight excluding hydrogens is 196 g/mol. The van der Waals surface area contributed by atoms with Crippen molar-refractivity contribution in [2.75, 3.05) is 25.1 Å². The molecule has 0 radical (unpaired) electrons. The second-order valence-corrected chi connectivity index (χ2v) is 2.97. The first kappa shape index (κ1) is 11.7. The lowest BCUT2D eigenvalue weighted by molar-refractivity contribution is -0.120. The highest BCUT2D eigenvalue weighted by Gasteiger charge is 2.03. The Morgan fingerprint density at radius 2 is 2.53 bits per heavy atom. The maximum Gasteiger partial charge on any atom is 0.250 e. The molecule has 1 aromatic rings. The minimum Gasteiger partial charge on any atom is -0.370 e. The molecular formula is C9H16N4O2. The van der Waals surface area contributed by atoms with Crippen LogP contribution in [0.5, 0.6) is 0 Å². The van der Waals surface area contributed by atoms with E-state index >= 15 is 0 Å². The SMILES string of the molecule is CCn1cc(NC(=O)COCCN)cn1. The van der Waals surface area contributed by atoms with E-state index in [9.17, 15) is 4.79 Å². The predicted octanol–water partition coefficient (Wildman–Crippen LogP) is -0.183. The van der Waals surface area contributed by atoms with Crippen molar-refractivity contribution >= 4 is 11.6 Å². The van der Waals surface area contributed by atoms with Gasteiger partial charge in [-0.15, -0.1) is 0 Å². The van der Waals surface area contributed by atoms with Gasteiger partial charge in [0.05, 0.1) is 18.5 Å². The number of nitrogens with one attached hydrogen (secondary N) is 1. The number of hydrogen-bond donors (Lipinski definition) is 2. The summed E-state index contributed by atoms with van der Waals surface area (Å²) in [5, 5.41) is 6.69. The van der Waals surface area contributed by atoms with Crippen molar-refractivity contribution in [1.29, 1.82) is 0 Å². The Kier molecular flexibility index (Phi) is 4.79. The first-order valence-corrected chi connectivity index (χ1v) is 4.86. The van der Waals surface area contributed by atoms with Crippen LogP contribution >= 0.6 is 0 Å². The van der Waals surface area contributed by atoms with Gasteiger partial charge in [-0.3, -0.25) is 9.48 Å². The molecule has 6 heteroatoms. The van der Waals surface area contributed by atoms with Gasteiger partial charge in [-0.25, -0.2) is 0 Å². The summed E-state index contributed by atoms with van der Waals surface area (Å²) < 4.78 is 6.72. The molecule has 15 heavy (non-hydrogen) atoms. The van der Waals surface area contributed by atoms with Gasteiger partial charge >= 0.3 is 0 Å². The Balaban J connectivity index is 2.31. The standard InChI is InChI=1S/C9H16N4O2/c1-2-13-6-8(5-11-13)12-9(14)7-15-4-3-10/h5-6H,2-4,7,10H2,1H3,(H,12,14). The number of aryl methyl sites for hydroxylation is 1. The van der Waals surface area contributed by atoms with E-state index in [1.165, 1.54) is 0 Å². The van der Waals surface area contributed by atoms with Gasteiger partial charge in [-0.05, 0) is 6.92 Å². The van der Waals surface area contributed by atoms with Crippen LogP contribution in [-0.2, 0) is 16.1 Å². The van der Waals surface area contributed by atoms with Crippen LogP contribution in [0.4, 0.5) is 5.69 Å². The van der Waals surface area contributed by atoms with Crippen molar-refractivity contribution < 1.29 is 9.53 Å². The predicted molar refractivity (Wildman–Crippen MR) is 56.4 cm³/mol. The Labute approximate surface area is 88.4 Å². The summed E-state index contributed by atoms with van der Waals surface area (Å²) >= 11 is 0. The van der Waals surface area contributed by atoms with Gasteiger partial charge in [0, 0.05) is 19.3 Å². The largest absolute Gasteiger partial charge is 0.370 e. The summed E-state index contributed by atoms with van der Waals surface area (Å²) in [4.78, 5) is 11.3. The molecule has 1 aromatic heterocycles. The number of carbonyl (C=O) groups excluding carboxylic acids is 1. The van der Waals surface area contributed by atoms with Crippen molar-refractivity contribution in [1.82, 2.24) is 9.78 Å². The van der Waals surface area contributed by atoms with Gasteiger partial charge in [0.25, 0.3) is 0 Å². The summed E-state index contributed by atoms with van der Waals surface area (Å²) in [7, 11) is 0. The molecule has 0 atom stereocenters. The van der Waals surface area contributed by atoms with Gasteiger partial charge in [-0.1, -0.05) is 0 Å². The van der Waals surface area contributed by atoms with Gasteiger partial charge in [0.2, 0.25) is 5.91 Å². The first-order chi connectivity index (χ1) is 7.26. The molecule has 0 saturated heterocycles. The summed E-state index contributed by atoms with van der Waals surface area (Å²) in [6.45, 7) is 3.58. The molecule has 0 aliphatic heterocycles. The first-order valence-electron chi connectivity index (χ1n) is 4.86. The molecule has 0 bridgehead atoms. The Bertz CT molecular complexity index is 311. The van der Waals surface area contributed by atoms with Crippen molar-refractivity contribution in [3.05, 3.63) is 12.4 Å². The fourth-order valence-electron chi connectivity index (χ4n) is 1.05. The van der Waals surface area contributed by atoms with Crippen molar-refractivity contribution in [3.8, 4) is 0 Å². The highest BCUT2D eigenvalue weighted by atomic mass is 16.5. The van der Waals surface area contributed by atoms with Crippen molar-refractivity contribution in [2.45, 2.75) is 13.5 Å². The van der Waals surface area contributed by atoms with E-state index in [4.69, 9.17) is 10.5 Å². The third kappa shape index (κ3) is 4.09. The average molecular weight is 212 g/mol. The van der Waals surface area contributed by atoms with Crippen molar-refractivity contribution in [3.63, 3.8) is 0 Å². The molecule has 6 nitrogen and oxygen atoms in total. The number of anilines is 1. The number of aromatic nitrogens is 2. The van der Waals surface area contributed by atoms with E-state index in [1.54, 1.807) is 17.1 Å². The maximum absolute atomic E-state index is 11.3. The van der Waals surface area contributed by atoms with E-state index in [1.807, 2.05) is 6.92 Å². The lowest BCUT2D eigenvalue weighted by Gasteiger charge is -2.02. The highest BCUT2D eigenvalue weighted by Crippen LogP contribution is 2.03. The van der Waals surface area contributed by atoms with Gasteiger partial charge in [-0.2, -0.15) is 5.10 Å². The molecule has 1 amide bonds. The van der Waals surface area contributed by atoms with E-state index in [0.717, 1.165) is 6.54 Å². The third-order valence-electron chi connectivity index (χ3n) is 1.74. The second kappa shape index (κ2) is 6.15.